The van der Waals surface area contributed by atoms with Crippen molar-refractivity contribution >= 4 is 34.0 Å². The summed E-state index contributed by atoms with van der Waals surface area (Å²) in [5.41, 5.74) is 0. The van der Waals surface area contributed by atoms with Gasteiger partial charge in [0.1, 0.15) is 0 Å². The van der Waals surface area contributed by atoms with E-state index in [-0.39, 0.29) is 11.2 Å². The number of nitriles is 1. The average molecular weight is 288 g/mol. The molecule has 5 heteroatoms. The van der Waals surface area contributed by atoms with Crippen LogP contribution in [-0.4, -0.2) is 9.46 Å². The van der Waals surface area contributed by atoms with Gasteiger partial charge in [-0.1, -0.05) is 29.6 Å². The molecule has 1 aliphatic rings. The molecule has 2 rings (SSSR count). The maximum atomic E-state index is 12.3. The van der Waals surface area contributed by atoms with E-state index in [0.717, 1.165) is 19.3 Å². The summed E-state index contributed by atoms with van der Waals surface area (Å²) < 4.78 is 12.3. The fourth-order valence-corrected chi connectivity index (χ4v) is 4.13. The molecule has 2 nitrogen and oxygen atoms in total. The molecule has 1 saturated carbocycles. The molecule has 0 saturated heterocycles. The van der Waals surface area contributed by atoms with Gasteiger partial charge in [-0.05, 0) is 31.0 Å². The van der Waals surface area contributed by atoms with Crippen LogP contribution in [0.2, 0.25) is 10.0 Å². The van der Waals surface area contributed by atoms with Gasteiger partial charge in [-0.25, -0.2) is 0 Å². The molecule has 90 valence electrons. The third kappa shape index (κ3) is 2.65. The van der Waals surface area contributed by atoms with Crippen LogP contribution in [-0.2, 0) is 10.8 Å². The second-order valence-electron chi connectivity index (χ2n) is 4.08. The fraction of sp³-hybridized carbons (Fsp3) is 0.417. The van der Waals surface area contributed by atoms with Gasteiger partial charge in [-0.2, -0.15) is 5.26 Å². The Morgan fingerprint density at radius 3 is 2.71 bits per heavy atom. The molecule has 0 bridgehead atoms. The molecule has 0 spiro atoms. The minimum atomic E-state index is -1.17. The van der Waals surface area contributed by atoms with Crippen molar-refractivity contribution in [2.24, 2.45) is 5.92 Å². The zero-order valence-corrected chi connectivity index (χ0v) is 11.4. The monoisotopic (exact) mass is 287 g/mol. The molecule has 17 heavy (non-hydrogen) atoms. The molecule has 0 radical (unpaired) electrons. The topological polar surface area (TPSA) is 40.9 Å². The summed E-state index contributed by atoms with van der Waals surface area (Å²) in [6.45, 7) is 0. The average Bonchev–Trinajstić information content (AvgIpc) is 2.80. The lowest BCUT2D eigenvalue weighted by molar-refractivity contribution is 0.646. The third-order valence-electron chi connectivity index (χ3n) is 3.02. The van der Waals surface area contributed by atoms with Crippen molar-refractivity contribution in [3.8, 4) is 6.07 Å². The van der Waals surface area contributed by atoms with E-state index in [2.05, 4.69) is 6.07 Å². The molecule has 1 aromatic carbocycles. The molecule has 3 atom stereocenters. The van der Waals surface area contributed by atoms with E-state index in [1.165, 1.54) is 0 Å². The van der Waals surface area contributed by atoms with Crippen LogP contribution in [0.3, 0.4) is 0 Å². The van der Waals surface area contributed by atoms with Gasteiger partial charge in [0.25, 0.3) is 0 Å². The number of rotatable bonds is 2. The van der Waals surface area contributed by atoms with Gasteiger partial charge >= 0.3 is 0 Å². The summed E-state index contributed by atoms with van der Waals surface area (Å²) in [6, 6.07) is 7.24. The lowest BCUT2D eigenvalue weighted by Gasteiger charge is -2.13. The Kier molecular flexibility index (Phi) is 4.09. The van der Waals surface area contributed by atoms with Gasteiger partial charge in [0.15, 0.2) is 0 Å². The lowest BCUT2D eigenvalue weighted by Crippen LogP contribution is -2.19. The van der Waals surface area contributed by atoms with E-state index >= 15 is 0 Å². The van der Waals surface area contributed by atoms with Crippen molar-refractivity contribution in [1.82, 2.24) is 0 Å². The van der Waals surface area contributed by atoms with Crippen molar-refractivity contribution in [3.63, 3.8) is 0 Å². The normalized spacial score (nSPS) is 25.5. The highest BCUT2D eigenvalue weighted by Crippen LogP contribution is 2.33. The quantitative estimate of drug-likeness (QED) is 0.830. The van der Waals surface area contributed by atoms with Crippen molar-refractivity contribution in [2.75, 3.05) is 0 Å². The second kappa shape index (κ2) is 5.39. The molecule has 1 aromatic rings. The molecular weight excluding hydrogens is 277 g/mol. The second-order valence-corrected chi connectivity index (χ2v) is 6.56. The first-order chi connectivity index (χ1) is 8.13. The SMILES string of the molecule is N#CC1CCCC1S(=O)c1ccc(Cl)c(Cl)c1. The molecule has 0 aromatic heterocycles. The Balaban J connectivity index is 2.25. The van der Waals surface area contributed by atoms with Crippen LogP contribution in [0.1, 0.15) is 19.3 Å². The minimum Gasteiger partial charge on any atom is -0.254 e. The van der Waals surface area contributed by atoms with Gasteiger partial charge < -0.3 is 0 Å². The summed E-state index contributed by atoms with van der Waals surface area (Å²) in [4.78, 5) is 0.659. The molecule has 0 amide bonds. The Bertz CT molecular complexity index is 498. The highest BCUT2D eigenvalue weighted by atomic mass is 35.5. The van der Waals surface area contributed by atoms with Gasteiger partial charge in [-0.15, -0.1) is 0 Å². The van der Waals surface area contributed by atoms with Gasteiger partial charge in [0.05, 0.1) is 38.1 Å². The highest BCUT2D eigenvalue weighted by molar-refractivity contribution is 7.85. The number of halogens is 2. The molecular formula is C12H11Cl2NOS. The van der Waals surface area contributed by atoms with Crippen molar-refractivity contribution in [2.45, 2.75) is 29.4 Å². The number of nitrogens with zero attached hydrogens (tertiary/aromatic N) is 1. The van der Waals surface area contributed by atoms with Crippen LogP contribution < -0.4 is 0 Å². The largest absolute Gasteiger partial charge is 0.254 e. The smallest absolute Gasteiger partial charge is 0.0668 e. The van der Waals surface area contributed by atoms with Crippen LogP contribution in [0, 0.1) is 17.2 Å². The third-order valence-corrected chi connectivity index (χ3v) is 5.59. The van der Waals surface area contributed by atoms with E-state index in [1.807, 2.05) is 0 Å². The summed E-state index contributed by atoms with van der Waals surface area (Å²) in [5.74, 6) is -0.106. The van der Waals surface area contributed by atoms with Crippen LogP contribution >= 0.6 is 23.2 Å². The standard InChI is InChI=1S/C12H11Cl2NOS/c13-10-5-4-9(6-11(10)14)17(16)12-3-1-2-8(12)7-15/h4-6,8,12H,1-3H2. The van der Waals surface area contributed by atoms with Gasteiger partial charge in [0, 0.05) is 4.90 Å². The molecule has 0 aliphatic heterocycles. The Morgan fingerprint density at radius 2 is 2.06 bits per heavy atom. The van der Waals surface area contributed by atoms with Crippen LogP contribution in [0.15, 0.2) is 23.1 Å². The molecule has 0 heterocycles. The molecule has 0 N–H and O–H groups in total. The molecule has 1 fully saturated rings. The summed E-state index contributed by atoms with van der Waals surface area (Å²) in [6.07, 6.45) is 2.65. The van der Waals surface area contributed by atoms with Crippen LogP contribution in [0.5, 0.6) is 0 Å². The minimum absolute atomic E-state index is 0.0720. The zero-order valence-electron chi connectivity index (χ0n) is 9.03. The number of hydrogen-bond donors (Lipinski definition) is 0. The zero-order chi connectivity index (χ0) is 12.4. The Labute approximate surface area is 113 Å². The van der Waals surface area contributed by atoms with E-state index in [9.17, 15) is 4.21 Å². The Morgan fingerprint density at radius 1 is 1.29 bits per heavy atom. The van der Waals surface area contributed by atoms with Crippen LogP contribution in [0.25, 0.3) is 0 Å². The predicted octanol–water partition coefficient (Wildman–Crippen LogP) is 3.79. The number of benzene rings is 1. The first kappa shape index (κ1) is 12.9. The Hall–Kier alpha value is -0.560. The first-order valence-corrected chi connectivity index (χ1v) is 7.35. The van der Waals surface area contributed by atoms with Crippen LogP contribution in [0.4, 0.5) is 0 Å². The molecule has 3 unspecified atom stereocenters. The lowest BCUT2D eigenvalue weighted by atomic mass is 10.1. The summed E-state index contributed by atoms with van der Waals surface area (Å²) in [5, 5.41) is 9.79. The predicted molar refractivity (Wildman–Crippen MR) is 69.6 cm³/mol. The first-order valence-electron chi connectivity index (χ1n) is 5.38. The maximum absolute atomic E-state index is 12.3. The van der Waals surface area contributed by atoms with E-state index < -0.39 is 10.8 Å². The maximum Gasteiger partial charge on any atom is 0.0668 e. The van der Waals surface area contributed by atoms with E-state index in [1.54, 1.807) is 18.2 Å². The summed E-state index contributed by atoms with van der Waals surface area (Å²) >= 11 is 11.7. The highest BCUT2D eigenvalue weighted by Gasteiger charge is 2.32. The van der Waals surface area contributed by atoms with E-state index in [0.29, 0.717) is 14.9 Å². The van der Waals surface area contributed by atoms with Crippen molar-refractivity contribution in [1.29, 1.82) is 5.26 Å². The van der Waals surface area contributed by atoms with Gasteiger partial charge in [0.2, 0.25) is 0 Å². The van der Waals surface area contributed by atoms with E-state index in [4.69, 9.17) is 28.5 Å². The van der Waals surface area contributed by atoms with Gasteiger partial charge in [-0.3, -0.25) is 4.21 Å². The summed E-state index contributed by atoms with van der Waals surface area (Å²) in [7, 11) is -1.17. The fourth-order valence-electron chi connectivity index (χ4n) is 2.11. The molecule has 1 aliphatic carbocycles. The number of hydrogen-bond acceptors (Lipinski definition) is 2. The van der Waals surface area contributed by atoms with Crippen molar-refractivity contribution in [3.05, 3.63) is 28.2 Å². The van der Waals surface area contributed by atoms with Crippen molar-refractivity contribution < 1.29 is 4.21 Å².